The molecule has 5 heterocycles. The number of fused-ring (bicyclic) bond motifs is 2. The minimum atomic E-state index is -0.530. The zero-order chi connectivity index (χ0) is 24.9. The second-order valence-corrected chi connectivity index (χ2v) is 9.94. The molecule has 1 atom stereocenters. The van der Waals surface area contributed by atoms with Crippen molar-refractivity contribution in [1.29, 1.82) is 0 Å². The largest absolute Gasteiger partial charge is 0.444 e. The first-order valence-electron chi connectivity index (χ1n) is 11.6. The van der Waals surface area contributed by atoms with Gasteiger partial charge in [0.25, 0.3) is 0 Å². The zero-order valence-electron chi connectivity index (χ0n) is 20.5. The van der Waals surface area contributed by atoms with Gasteiger partial charge < -0.3 is 18.9 Å². The van der Waals surface area contributed by atoms with Crippen molar-refractivity contribution in [2.45, 2.75) is 45.8 Å². The van der Waals surface area contributed by atoms with E-state index in [0.717, 1.165) is 24.5 Å². The Bertz CT molecular complexity index is 1430. The Morgan fingerprint density at radius 1 is 1.17 bits per heavy atom. The number of hydrogen-bond acceptors (Lipinski definition) is 7. The molecule has 1 unspecified atom stereocenters. The lowest BCUT2D eigenvalue weighted by molar-refractivity contribution is 0.0238. The monoisotopic (exact) mass is 477 g/mol. The Balaban J connectivity index is 1.35. The summed E-state index contributed by atoms with van der Waals surface area (Å²) in [5.74, 6) is 0.794. The van der Waals surface area contributed by atoms with Gasteiger partial charge in [-0.2, -0.15) is 0 Å². The zero-order valence-corrected chi connectivity index (χ0v) is 20.5. The molecule has 0 bridgehead atoms. The third-order valence-electron chi connectivity index (χ3n) is 6.02. The van der Waals surface area contributed by atoms with Crippen molar-refractivity contribution < 1.29 is 13.9 Å². The number of amides is 1. The lowest BCUT2D eigenvalue weighted by Gasteiger charge is -2.28. The summed E-state index contributed by atoms with van der Waals surface area (Å²) in [4.78, 5) is 34.2. The molecule has 0 saturated carbocycles. The fourth-order valence-electron chi connectivity index (χ4n) is 4.28. The molecule has 182 valence electrons. The highest BCUT2D eigenvalue weighted by molar-refractivity contribution is 5.78. The smallest absolute Gasteiger partial charge is 0.410 e. The molecule has 4 aromatic heterocycles. The minimum Gasteiger partial charge on any atom is -0.444 e. The van der Waals surface area contributed by atoms with Crippen LogP contribution >= 0.6 is 0 Å². The van der Waals surface area contributed by atoms with Crippen LogP contribution in [0.1, 0.15) is 32.9 Å². The molecule has 0 radical (unpaired) electrons. The highest BCUT2D eigenvalue weighted by atomic mass is 19.1. The van der Waals surface area contributed by atoms with Gasteiger partial charge in [-0.15, -0.1) is 0 Å². The predicted molar refractivity (Wildman–Crippen MR) is 131 cm³/mol. The number of imidazole rings is 1. The number of aromatic nitrogens is 5. The molecule has 1 saturated heterocycles. The number of rotatable bonds is 3. The number of nitrogens with zero attached hydrogens (tertiary/aromatic N) is 7. The maximum atomic E-state index is 14.5. The topological polar surface area (TPSA) is 88.8 Å². The fraction of sp³-hybridized carbons (Fsp3) is 0.400. The molecule has 10 heteroatoms. The maximum Gasteiger partial charge on any atom is 0.410 e. The van der Waals surface area contributed by atoms with Crippen LogP contribution in [0, 0.1) is 12.7 Å². The van der Waals surface area contributed by atoms with Gasteiger partial charge in [0.15, 0.2) is 17.3 Å². The first-order valence-corrected chi connectivity index (χ1v) is 11.6. The molecule has 5 rings (SSSR count). The highest BCUT2D eigenvalue weighted by Crippen LogP contribution is 2.26. The molecule has 9 nitrogen and oxygen atoms in total. The molecule has 0 N–H and O–H groups in total. The van der Waals surface area contributed by atoms with E-state index in [2.05, 4.69) is 19.9 Å². The second-order valence-electron chi connectivity index (χ2n) is 9.94. The van der Waals surface area contributed by atoms with Crippen LogP contribution in [-0.2, 0) is 4.74 Å². The van der Waals surface area contributed by atoms with Crippen LogP contribution in [0.5, 0.6) is 0 Å². The Morgan fingerprint density at radius 3 is 2.74 bits per heavy atom. The summed E-state index contributed by atoms with van der Waals surface area (Å²) in [6, 6.07) is 5.25. The van der Waals surface area contributed by atoms with Gasteiger partial charge in [-0.05, 0) is 52.3 Å². The van der Waals surface area contributed by atoms with E-state index in [1.54, 1.807) is 34.9 Å². The van der Waals surface area contributed by atoms with Gasteiger partial charge in [0.05, 0.1) is 23.4 Å². The summed E-state index contributed by atoms with van der Waals surface area (Å²) < 4.78 is 21.7. The van der Waals surface area contributed by atoms with Crippen LogP contribution in [0.3, 0.4) is 0 Å². The number of anilines is 1. The molecular weight excluding hydrogens is 449 g/mol. The first-order chi connectivity index (χ1) is 16.6. The van der Waals surface area contributed by atoms with Gasteiger partial charge in [0.2, 0.25) is 0 Å². The Labute approximate surface area is 202 Å². The van der Waals surface area contributed by atoms with Crippen molar-refractivity contribution in [3.63, 3.8) is 0 Å². The number of ether oxygens (including phenoxy) is 1. The number of halogens is 1. The third-order valence-corrected chi connectivity index (χ3v) is 6.02. The molecule has 0 aliphatic carbocycles. The fourth-order valence-corrected chi connectivity index (χ4v) is 4.28. The molecule has 1 aliphatic rings. The number of aryl methyl sites for hydroxylation is 1. The highest BCUT2D eigenvalue weighted by Gasteiger charge is 2.31. The van der Waals surface area contributed by atoms with Crippen LogP contribution in [0.15, 0.2) is 36.8 Å². The van der Waals surface area contributed by atoms with Crippen LogP contribution in [0.25, 0.3) is 28.1 Å². The summed E-state index contributed by atoms with van der Waals surface area (Å²) >= 11 is 0. The van der Waals surface area contributed by atoms with E-state index in [0.29, 0.717) is 29.0 Å². The van der Waals surface area contributed by atoms with Crippen LogP contribution < -0.4 is 4.90 Å². The van der Waals surface area contributed by atoms with Crippen molar-refractivity contribution >= 4 is 28.6 Å². The summed E-state index contributed by atoms with van der Waals surface area (Å²) in [6.45, 7) is 8.84. The van der Waals surface area contributed by atoms with E-state index in [4.69, 9.17) is 9.72 Å². The van der Waals surface area contributed by atoms with E-state index in [9.17, 15) is 9.18 Å². The normalized spacial score (nSPS) is 16.3. The lowest BCUT2D eigenvalue weighted by atomic mass is 10.2. The van der Waals surface area contributed by atoms with Crippen molar-refractivity contribution in [3.8, 4) is 11.4 Å². The number of carbonyl (C=O) groups excluding carboxylic acids is 1. The minimum absolute atomic E-state index is 0.0394. The van der Waals surface area contributed by atoms with E-state index in [1.807, 2.05) is 39.8 Å². The van der Waals surface area contributed by atoms with Crippen LogP contribution in [0.4, 0.5) is 15.0 Å². The number of hydrogen-bond donors (Lipinski definition) is 0. The van der Waals surface area contributed by atoms with Gasteiger partial charge in [-0.1, -0.05) is 0 Å². The lowest BCUT2D eigenvalue weighted by Crippen LogP contribution is -2.42. The molecule has 1 amide bonds. The van der Waals surface area contributed by atoms with E-state index in [1.165, 1.54) is 6.07 Å². The SMILES string of the molecule is Cc1cn2cc(-c3ncc4nc(N5CCC(N(C)C(=O)OC(C)(C)C)C5)ccc4n3)cc(F)c2n1. The molecule has 1 aliphatic heterocycles. The average molecular weight is 478 g/mol. The number of likely N-dealkylation sites (N-methyl/N-ethyl adjacent to an activating group) is 1. The van der Waals surface area contributed by atoms with Crippen LogP contribution in [-0.4, -0.2) is 67.1 Å². The van der Waals surface area contributed by atoms with Crippen LogP contribution in [0.2, 0.25) is 0 Å². The average Bonchev–Trinajstić information content (AvgIpc) is 3.43. The summed E-state index contributed by atoms with van der Waals surface area (Å²) in [7, 11) is 1.77. The Morgan fingerprint density at radius 2 is 1.97 bits per heavy atom. The molecule has 4 aromatic rings. The van der Waals surface area contributed by atoms with Crippen molar-refractivity contribution in [2.24, 2.45) is 0 Å². The van der Waals surface area contributed by atoms with Gasteiger partial charge in [0, 0.05) is 38.1 Å². The third kappa shape index (κ3) is 4.60. The van der Waals surface area contributed by atoms with Gasteiger partial charge in [-0.25, -0.2) is 29.1 Å². The van der Waals surface area contributed by atoms with Gasteiger partial charge >= 0.3 is 6.09 Å². The van der Waals surface area contributed by atoms with Gasteiger partial charge in [-0.3, -0.25) is 0 Å². The van der Waals surface area contributed by atoms with E-state index < -0.39 is 11.4 Å². The second kappa shape index (κ2) is 8.44. The van der Waals surface area contributed by atoms with E-state index >= 15 is 0 Å². The summed E-state index contributed by atoms with van der Waals surface area (Å²) in [5.41, 5.74) is 2.36. The molecule has 0 aromatic carbocycles. The number of pyridine rings is 2. The Kier molecular flexibility index (Phi) is 5.53. The summed E-state index contributed by atoms with van der Waals surface area (Å²) in [5, 5.41) is 0. The quantitative estimate of drug-likeness (QED) is 0.436. The van der Waals surface area contributed by atoms with Gasteiger partial charge in [0.1, 0.15) is 16.9 Å². The van der Waals surface area contributed by atoms with Crippen molar-refractivity contribution in [3.05, 3.63) is 48.3 Å². The first kappa shape index (κ1) is 22.9. The maximum absolute atomic E-state index is 14.5. The van der Waals surface area contributed by atoms with Crippen molar-refractivity contribution in [2.75, 3.05) is 25.0 Å². The number of carbonyl (C=O) groups is 1. The molecular formula is C25H28FN7O2. The van der Waals surface area contributed by atoms with Crippen molar-refractivity contribution in [1.82, 2.24) is 29.2 Å². The molecule has 1 fully saturated rings. The van der Waals surface area contributed by atoms with E-state index in [-0.39, 0.29) is 17.8 Å². The molecule has 0 spiro atoms. The predicted octanol–water partition coefficient (Wildman–Crippen LogP) is 4.23. The standard InChI is InChI=1S/C25H28FN7O2/c1-15-12-33-13-16(10-18(26)23(33)28-15)22-27-11-20-19(30-22)6-7-21(29-20)32-9-8-17(14-32)31(5)24(34)35-25(2,3)4/h6-7,10-13,17H,8-9,14H2,1-5H3. The summed E-state index contributed by atoms with van der Waals surface area (Å²) in [6.07, 6.45) is 5.69. The Hall–Kier alpha value is -3.82. The molecule has 35 heavy (non-hydrogen) atoms.